The second kappa shape index (κ2) is 10.7. The van der Waals surface area contributed by atoms with Crippen molar-refractivity contribution < 1.29 is 18.7 Å². The number of hydrogen-bond donors (Lipinski definition) is 2. The number of benzene rings is 2. The Morgan fingerprint density at radius 3 is 2.84 bits per heavy atom. The van der Waals surface area contributed by atoms with Crippen LogP contribution in [0.3, 0.4) is 0 Å². The highest BCUT2D eigenvalue weighted by Gasteiger charge is 2.10. The fourth-order valence-electron chi connectivity index (χ4n) is 4.04. The molecule has 0 fully saturated rings. The first-order chi connectivity index (χ1) is 18.4. The monoisotopic (exact) mass is 517 g/mol. The molecule has 10 nitrogen and oxygen atoms in total. The van der Waals surface area contributed by atoms with Crippen LogP contribution in [0.5, 0.6) is 11.5 Å². The lowest BCUT2D eigenvalue weighted by molar-refractivity contribution is 0.301. The normalized spacial score (nSPS) is 11.2. The minimum atomic E-state index is -0.481. The third-order valence-electron chi connectivity index (χ3n) is 6.06. The van der Waals surface area contributed by atoms with Gasteiger partial charge in [-0.1, -0.05) is 11.3 Å². The maximum Gasteiger partial charge on any atom is 0.336 e. The number of halogens is 1. The quantitative estimate of drug-likeness (QED) is 0.226. The fraction of sp³-hybridized carbons (Fsp3) is 0.185. The second-order valence-corrected chi connectivity index (χ2v) is 8.66. The van der Waals surface area contributed by atoms with E-state index in [1.165, 1.54) is 28.9 Å². The van der Waals surface area contributed by atoms with Crippen LogP contribution in [0.1, 0.15) is 17.0 Å². The second-order valence-electron chi connectivity index (χ2n) is 8.66. The molecule has 0 aliphatic carbocycles. The maximum atomic E-state index is 13.5. The SMILES string of the molecule is Cc1c(O)c(=O)ccn1CCNCc1cc(=O)oc2cc(OCc3cn(-c4cccc(F)c4)nn3)ccc12. The number of nitrogens with one attached hydrogen (secondary N) is 1. The molecular formula is C27H24FN5O5. The number of aromatic hydroxyl groups is 1. The highest BCUT2D eigenvalue weighted by molar-refractivity contribution is 5.81. The highest BCUT2D eigenvalue weighted by Crippen LogP contribution is 2.23. The van der Waals surface area contributed by atoms with Gasteiger partial charge < -0.3 is 24.1 Å². The predicted molar refractivity (Wildman–Crippen MR) is 137 cm³/mol. The molecule has 3 heterocycles. The molecule has 0 bridgehead atoms. The van der Waals surface area contributed by atoms with E-state index < -0.39 is 11.1 Å². The van der Waals surface area contributed by atoms with E-state index in [1.807, 2.05) is 6.07 Å². The van der Waals surface area contributed by atoms with Gasteiger partial charge in [-0.2, -0.15) is 0 Å². The molecule has 38 heavy (non-hydrogen) atoms. The van der Waals surface area contributed by atoms with Crippen LogP contribution >= 0.6 is 0 Å². The number of nitrogens with zero attached hydrogens (tertiary/aromatic N) is 4. The van der Waals surface area contributed by atoms with Crippen molar-refractivity contribution >= 4 is 11.0 Å². The third-order valence-corrected chi connectivity index (χ3v) is 6.06. The Bertz CT molecular complexity index is 1730. The van der Waals surface area contributed by atoms with Gasteiger partial charge in [-0.15, -0.1) is 5.10 Å². The van der Waals surface area contributed by atoms with Gasteiger partial charge in [-0.05, 0) is 42.8 Å². The lowest BCUT2D eigenvalue weighted by Crippen LogP contribution is -2.22. The summed E-state index contributed by atoms with van der Waals surface area (Å²) >= 11 is 0. The van der Waals surface area contributed by atoms with Crippen molar-refractivity contribution in [3.63, 3.8) is 0 Å². The van der Waals surface area contributed by atoms with Gasteiger partial charge in [0, 0.05) is 49.4 Å². The zero-order chi connectivity index (χ0) is 26.6. The van der Waals surface area contributed by atoms with Gasteiger partial charge in [0.2, 0.25) is 5.43 Å². The van der Waals surface area contributed by atoms with E-state index >= 15 is 0 Å². The van der Waals surface area contributed by atoms with Gasteiger partial charge in [0.05, 0.1) is 17.6 Å². The zero-order valence-corrected chi connectivity index (χ0v) is 20.4. The molecule has 0 radical (unpaired) electrons. The molecule has 3 aromatic heterocycles. The Hall–Kier alpha value is -4.77. The van der Waals surface area contributed by atoms with Crippen molar-refractivity contribution in [2.75, 3.05) is 6.54 Å². The smallest absolute Gasteiger partial charge is 0.336 e. The number of ether oxygens (including phenoxy) is 1. The Morgan fingerprint density at radius 2 is 2.00 bits per heavy atom. The standard InChI is InChI=1S/C27H24FN5O5/c1-17-27(36)24(34)7-9-32(17)10-8-29-14-18-11-26(35)38-25-13-22(5-6-23(18)25)37-16-20-15-33(31-30-20)21-4-2-3-19(28)12-21/h2-7,9,11-13,15,29,36H,8,10,14,16H2,1H3. The number of fused-ring (bicyclic) bond motifs is 1. The van der Waals surface area contributed by atoms with E-state index in [9.17, 15) is 19.1 Å². The third kappa shape index (κ3) is 5.47. The Kier molecular flexibility index (Phi) is 7.00. The molecule has 0 saturated heterocycles. The van der Waals surface area contributed by atoms with Crippen molar-refractivity contribution in [2.24, 2.45) is 0 Å². The van der Waals surface area contributed by atoms with E-state index in [4.69, 9.17) is 9.15 Å². The van der Waals surface area contributed by atoms with Crippen LogP contribution in [0.15, 0.2) is 81.0 Å². The van der Waals surface area contributed by atoms with E-state index in [0.717, 1.165) is 10.9 Å². The summed E-state index contributed by atoms with van der Waals surface area (Å²) in [5, 5.41) is 21.9. The van der Waals surface area contributed by atoms with Gasteiger partial charge in [0.15, 0.2) is 5.75 Å². The van der Waals surface area contributed by atoms with Crippen molar-refractivity contribution in [1.29, 1.82) is 0 Å². The van der Waals surface area contributed by atoms with Gasteiger partial charge in [-0.25, -0.2) is 13.9 Å². The number of hydrogen-bond acceptors (Lipinski definition) is 8. The van der Waals surface area contributed by atoms with Gasteiger partial charge in [0.25, 0.3) is 0 Å². The molecule has 0 aliphatic rings. The Balaban J connectivity index is 1.23. The van der Waals surface area contributed by atoms with Crippen LogP contribution < -0.4 is 21.1 Å². The van der Waals surface area contributed by atoms with Crippen LogP contribution in [0.2, 0.25) is 0 Å². The van der Waals surface area contributed by atoms with Gasteiger partial charge in [-0.3, -0.25) is 4.79 Å². The molecular weight excluding hydrogens is 493 g/mol. The van der Waals surface area contributed by atoms with E-state index in [-0.39, 0.29) is 18.2 Å². The molecule has 2 N–H and O–H groups in total. The minimum absolute atomic E-state index is 0.117. The molecule has 194 valence electrons. The molecule has 0 aliphatic heterocycles. The molecule has 11 heteroatoms. The largest absolute Gasteiger partial charge is 0.503 e. The van der Waals surface area contributed by atoms with Gasteiger partial charge in [0.1, 0.15) is 29.5 Å². The summed E-state index contributed by atoms with van der Waals surface area (Å²) in [6.07, 6.45) is 3.28. The van der Waals surface area contributed by atoms with Crippen molar-refractivity contribution in [2.45, 2.75) is 26.6 Å². The maximum absolute atomic E-state index is 13.5. The first kappa shape index (κ1) is 24.9. The molecule has 0 spiro atoms. The summed E-state index contributed by atoms with van der Waals surface area (Å²) in [5.74, 6) is -0.139. The van der Waals surface area contributed by atoms with Crippen LogP contribution in [0.25, 0.3) is 16.7 Å². The first-order valence-electron chi connectivity index (χ1n) is 11.8. The van der Waals surface area contributed by atoms with Crippen LogP contribution in [0, 0.1) is 12.7 Å². The molecule has 5 aromatic rings. The minimum Gasteiger partial charge on any atom is -0.503 e. The number of pyridine rings is 1. The van der Waals surface area contributed by atoms with Crippen LogP contribution in [-0.2, 0) is 19.7 Å². The van der Waals surface area contributed by atoms with Crippen molar-refractivity contribution in [1.82, 2.24) is 24.9 Å². The number of aromatic nitrogens is 4. The highest BCUT2D eigenvalue weighted by atomic mass is 19.1. The number of rotatable bonds is 9. The molecule has 0 saturated carbocycles. The summed E-state index contributed by atoms with van der Waals surface area (Å²) in [7, 11) is 0. The topological polar surface area (TPSA) is 124 Å². The van der Waals surface area contributed by atoms with Crippen molar-refractivity contribution in [3.8, 4) is 17.2 Å². The lowest BCUT2D eigenvalue weighted by atomic mass is 10.1. The first-order valence-corrected chi connectivity index (χ1v) is 11.8. The van der Waals surface area contributed by atoms with Crippen LogP contribution in [0.4, 0.5) is 4.39 Å². The Morgan fingerprint density at radius 1 is 1.13 bits per heavy atom. The van der Waals surface area contributed by atoms with E-state index in [0.29, 0.717) is 48.0 Å². The lowest BCUT2D eigenvalue weighted by Gasteiger charge is -2.13. The van der Waals surface area contributed by atoms with Gasteiger partial charge >= 0.3 is 5.63 Å². The molecule has 0 amide bonds. The summed E-state index contributed by atoms with van der Waals surface area (Å²) in [6, 6.07) is 14.0. The molecule has 2 aromatic carbocycles. The molecule has 0 atom stereocenters. The summed E-state index contributed by atoms with van der Waals surface area (Å²) in [5.41, 5.74) is 1.84. The van der Waals surface area contributed by atoms with E-state index in [2.05, 4.69) is 15.6 Å². The summed E-state index contributed by atoms with van der Waals surface area (Å²) in [6.45, 7) is 3.28. The Labute approximate surface area is 215 Å². The predicted octanol–water partition coefficient (Wildman–Crippen LogP) is 3.06. The van der Waals surface area contributed by atoms with E-state index in [1.54, 1.807) is 48.1 Å². The average Bonchev–Trinajstić information content (AvgIpc) is 3.38. The van der Waals surface area contributed by atoms with Crippen molar-refractivity contribution in [3.05, 3.63) is 110 Å². The zero-order valence-electron chi connectivity index (χ0n) is 20.4. The fourth-order valence-corrected chi connectivity index (χ4v) is 4.04. The summed E-state index contributed by atoms with van der Waals surface area (Å²) in [4.78, 5) is 23.7. The van der Waals surface area contributed by atoms with Crippen LogP contribution in [-0.4, -0.2) is 31.2 Å². The molecule has 5 rings (SSSR count). The average molecular weight is 518 g/mol. The summed E-state index contributed by atoms with van der Waals surface area (Å²) < 4.78 is 27.9. The molecule has 0 unspecified atom stereocenters.